The zero-order valence-corrected chi connectivity index (χ0v) is 19.2. The third-order valence-corrected chi connectivity index (χ3v) is 4.91. The third-order valence-electron chi connectivity index (χ3n) is 3.73. The minimum Gasteiger partial charge on any atom is -0.493 e. The van der Waals surface area contributed by atoms with E-state index in [1.807, 2.05) is 19.9 Å². The van der Waals surface area contributed by atoms with Gasteiger partial charge in [-0.25, -0.2) is 0 Å². The van der Waals surface area contributed by atoms with Crippen LogP contribution in [0.15, 0.2) is 40.4 Å². The number of nitrogens with one attached hydrogen (secondary N) is 1. The fourth-order valence-corrected chi connectivity index (χ4v) is 3.44. The monoisotopic (exact) mass is 496 g/mol. The quantitative estimate of drug-likeness (QED) is 0.389. The van der Waals surface area contributed by atoms with Gasteiger partial charge in [0.05, 0.1) is 11.6 Å². The van der Waals surface area contributed by atoms with Gasteiger partial charge in [-0.2, -0.15) is 5.26 Å². The number of nitriles is 1. The van der Waals surface area contributed by atoms with Crippen LogP contribution >= 0.6 is 39.1 Å². The van der Waals surface area contributed by atoms with E-state index in [2.05, 4.69) is 21.2 Å². The predicted molar refractivity (Wildman–Crippen MR) is 118 cm³/mol. The Labute approximate surface area is 188 Å². The van der Waals surface area contributed by atoms with Crippen molar-refractivity contribution in [3.05, 3.63) is 61.5 Å². The van der Waals surface area contributed by atoms with Gasteiger partial charge in [0.15, 0.2) is 11.5 Å². The molecule has 2 rings (SSSR count). The van der Waals surface area contributed by atoms with E-state index < -0.39 is 5.91 Å². The molecule has 8 heteroatoms. The molecule has 0 unspecified atom stereocenters. The maximum absolute atomic E-state index is 12.1. The summed E-state index contributed by atoms with van der Waals surface area (Å²) in [5, 5.41) is 13.1. The Morgan fingerprint density at radius 1 is 1.31 bits per heavy atom. The number of methoxy groups -OCH3 is 1. The molecule has 0 spiro atoms. The van der Waals surface area contributed by atoms with Crippen molar-refractivity contribution in [2.45, 2.75) is 26.5 Å². The first-order valence-corrected chi connectivity index (χ1v) is 10.2. The van der Waals surface area contributed by atoms with Crippen molar-refractivity contribution in [2.75, 3.05) is 7.11 Å². The highest BCUT2D eigenvalue weighted by Crippen LogP contribution is 2.38. The Morgan fingerprint density at radius 3 is 2.62 bits per heavy atom. The van der Waals surface area contributed by atoms with Gasteiger partial charge in [0.2, 0.25) is 0 Å². The lowest BCUT2D eigenvalue weighted by Crippen LogP contribution is -2.30. The van der Waals surface area contributed by atoms with Crippen LogP contribution in [0.25, 0.3) is 6.08 Å². The Hall–Kier alpha value is -2.20. The summed E-state index contributed by atoms with van der Waals surface area (Å²) >= 11 is 15.6. The van der Waals surface area contributed by atoms with Crippen molar-refractivity contribution >= 4 is 51.1 Å². The minimum absolute atomic E-state index is 0.00531. The Kier molecular flexibility index (Phi) is 8.39. The summed E-state index contributed by atoms with van der Waals surface area (Å²) in [6, 6.07) is 10.4. The molecule has 0 bridgehead atoms. The van der Waals surface area contributed by atoms with Crippen LogP contribution in [0.5, 0.6) is 11.5 Å². The average Bonchev–Trinajstić information content (AvgIpc) is 2.65. The smallest absolute Gasteiger partial charge is 0.262 e. The lowest BCUT2D eigenvalue weighted by atomic mass is 10.1. The Morgan fingerprint density at radius 2 is 2.03 bits per heavy atom. The molecule has 29 heavy (non-hydrogen) atoms. The van der Waals surface area contributed by atoms with Gasteiger partial charge >= 0.3 is 0 Å². The third kappa shape index (κ3) is 6.40. The number of carbonyl (C=O) groups excluding carboxylic acids is 1. The number of benzene rings is 2. The number of carbonyl (C=O) groups is 1. The van der Waals surface area contributed by atoms with Crippen LogP contribution in [0.3, 0.4) is 0 Å². The van der Waals surface area contributed by atoms with Gasteiger partial charge in [0.25, 0.3) is 5.91 Å². The second kappa shape index (κ2) is 10.5. The van der Waals surface area contributed by atoms with Gasteiger partial charge in [-0.05, 0) is 65.7 Å². The van der Waals surface area contributed by atoms with Gasteiger partial charge in [-0.3, -0.25) is 4.79 Å². The number of halogens is 3. The van der Waals surface area contributed by atoms with Crippen molar-refractivity contribution in [1.29, 1.82) is 5.26 Å². The van der Waals surface area contributed by atoms with Gasteiger partial charge < -0.3 is 14.8 Å². The van der Waals surface area contributed by atoms with Crippen LogP contribution in [-0.4, -0.2) is 19.1 Å². The topological polar surface area (TPSA) is 71.3 Å². The normalized spacial score (nSPS) is 11.2. The number of hydrogen-bond donors (Lipinski definition) is 1. The number of amides is 1. The van der Waals surface area contributed by atoms with Crippen LogP contribution in [-0.2, 0) is 11.4 Å². The van der Waals surface area contributed by atoms with Crippen molar-refractivity contribution < 1.29 is 14.3 Å². The zero-order chi connectivity index (χ0) is 21.6. The lowest BCUT2D eigenvalue weighted by molar-refractivity contribution is -0.117. The summed E-state index contributed by atoms with van der Waals surface area (Å²) in [5.41, 5.74) is 1.38. The van der Waals surface area contributed by atoms with Gasteiger partial charge in [0, 0.05) is 21.7 Å². The molecule has 1 amide bonds. The number of ether oxygens (including phenoxy) is 2. The second-order valence-corrected chi connectivity index (χ2v) is 8.05. The SMILES string of the molecule is COc1cc(/C=C(/C#N)C(=O)NC(C)C)cc(Br)c1OCc1ccc(Cl)cc1Cl. The van der Waals surface area contributed by atoms with E-state index in [-0.39, 0.29) is 18.2 Å². The molecule has 0 radical (unpaired) electrons. The highest BCUT2D eigenvalue weighted by Gasteiger charge is 2.15. The van der Waals surface area contributed by atoms with E-state index in [9.17, 15) is 10.1 Å². The van der Waals surface area contributed by atoms with Crippen molar-refractivity contribution in [2.24, 2.45) is 0 Å². The molecular formula is C21H19BrCl2N2O3. The van der Waals surface area contributed by atoms with Crippen LogP contribution in [0, 0.1) is 11.3 Å². The molecule has 0 aliphatic carbocycles. The minimum atomic E-state index is -0.435. The van der Waals surface area contributed by atoms with Crippen LogP contribution in [0.2, 0.25) is 10.0 Å². The summed E-state index contributed by atoms with van der Waals surface area (Å²) < 4.78 is 11.9. The van der Waals surface area contributed by atoms with Gasteiger partial charge in [0.1, 0.15) is 18.2 Å². The van der Waals surface area contributed by atoms with Crippen molar-refractivity contribution in [1.82, 2.24) is 5.32 Å². The molecule has 0 aliphatic heterocycles. The largest absolute Gasteiger partial charge is 0.493 e. The molecule has 5 nitrogen and oxygen atoms in total. The first-order chi connectivity index (χ1) is 13.7. The van der Waals surface area contributed by atoms with E-state index in [0.29, 0.717) is 31.6 Å². The molecule has 0 saturated heterocycles. The average molecular weight is 498 g/mol. The predicted octanol–water partition coefficient (Wildman–Crippen LogP) is 5.78. The Balaban J connectivity index is 2.30. The summed E-state index contributed by atoms with van der Waals surface area (Å²) in [5.74, 6) is 0.480. The summed E-state index contributed by atoms with van der Waals surface area (Å²) in [6.07, 6.45) is 1.49. The molecule has 152 valence electrons. The summed E-state index contributed by atoms with van der Waals surface area (Å²) in [4.78, 5) is 12.1. The van der Waals surface area contributed by atoms with Crippen molar-refractivity contribution in [3.8, 4) is 17.6 Å². The molecule has 0 aliphatic rings. The number of rotatable bonds is 7. The molecule has 0 saturated carbocycles. The van der Waals surface area contributed by atoms with Gasteiger partial charge in [-0.15, -0.1) is 0 Å². The van der Waals surface area contributed by atoms with E-state index in [1.165, 1.54) is 13.2 Å². The van der Waals surface area contributed by atoms with Gasteiger partial charge in [-0.1, -0.05) is 29.3 Å². The van der Waals surface area contributed by atoms with E-state index in [4.69, 9.17) is 32.7 Å². The summed E-state index contributed by atoms with van der Waals surface area (Å²) in [6.45, 7) is 3.86. The fraction of sp³-hybridized carbons (Fsp3) is 0.238. The summed E-state index contributed by atoms with van der Waals surface area (Å²) in [7, 11) is 1.51. The van der Waals surface area contributed by atoms with E-state index in [1.54, 1.807) is 30.3 Å². The maximum atomic E-state index is 12.1. The van der Waals surface area contributed by atoms with Crippen LogP contribution in [0.4, 0.5) is 0 Å². The fourth-order valence-electron chi connectivity index (χ4n) is 2.41. The molecule has 0 aromatic heterocycles. The van der Waals surface area contributed by atoms with E-state index in [0.717, 1.165) is 5.56 Å². The molecule has 1 N–H and O–H groups in total. The first kappa shape index (κ1) is 23.1. The first-order valence-electron chi connectivity index (χ1n) is 8.62. The molecular weight excluding hydrogens is 479 g/mol. The van der Waals surface area contributed by atoms with Crippen LogP contribution < -0.4 is 14.8 Å². The lowest BCUT2D eigenvalue weighted by Gasteiger charge is -2.14. The van der Waals surface area contributed by atoms with E-state index >= 15 is 0 Å². The molecule has 0 heterocycles. The molecule has 0 atom stereocenters. The molecule has 2 aromatic rings. The Bertz CT molecular complexity index is 985. The number of nitrogens with zero attached hydrogens (tertiary/aromatic N) is 1. The highest BCUT2D eigenvalue weighted by molar-refractivity contribution is 9.10. The maximum Gasteiger partial charge on any atom is 0.262 e. The van der Waals surface area contributed by atoms with Crippen LogP contribution in [0.1, 0.15) is 25.0 Å². The van der Waals surface area contributed by atoms with Crippen molar-refractivity contribution in [3.63, 3.8) is 0 Å². The molecule has 0 fully saturated rings. The zero-order valence-electron chi connectivity index (χ0n) is 16.1. The highest BCUT2D eigenvalue weighted by atomic mass is 79.9. The molecule has 2 aromatic carbocycles. The second-order valence-electron chi connectivity index (χ2n) is 6.36. The standard InChI is InChI=1S/C21H19BrCl2N2O3/c1-12(2)26-21(27)15(10-25)6-13-7-17(22)20(19(8-13)28-3)29-11-14-4-5-16(23)9-18(14)24/h4-9,12H,11H2,1-3H3,(H,26,27)/b15-6-. The number of hydrogen-bond acceptors (Lipinski definition) is 4.